The molecule has 0 aliphatic heterocycles. The third kappa shape index (κ3) is 3.06. The number of hydrogen-bond donors (Lipinski definition) is 1. The van der Waals surface area contributed by atoms with E-state index in [1.165, 1.54) is 0 Å². The fraction of sp³-hybridized carbons (Fsp3) is 0.308. The Labute approximate surface area is 110 Å². The van der Waals surface area contributed by atoms with Crippen LogP contribution in [-0.4, -0.2) is 10.1 Å². The first-order valence-electron chi connectivity index (χ1n) is 5.41. The van der Waals surface area contributed by atoms with Gasteiger partial charge in [-0.05, 0) is 31.0 Å². The van der Waals surface area contributed by atoms with Crippen molar-refractivity contribution in [3.8, 4) is 0 Å². The number of aromatic nitrogens is 1. The van der Waals surface area contributed by atoms with E-state index in [4.69, 9.17) is 11.6 Å². The Bertz CT molecular complexity index is 524. The largest absolute Gasteiger partial charge is 0.386 e. The molecule has 0 amide bonds. The first-order valence-corrected chi connectivity index (χ1v) is 6.67. The first-order chi connectivity index (χ1) is 8.06. The van der Waals surface area contributed by atoms with E-state index < -0.39 is 6.10 Å². The molecule has 1 unspecified atom stereocenters. The van der Waals surface area contributed by atoms with Gasteiger partial charge in [-0.1, -0.05) is 23.7 Å². The Hall–Kier alpha value is -0.900. The molecular weight excluding hydrogens is 254 g/mol. The average molecular weight is 268 g/mol. The molecule has 0 aliphatic carbocycles. The third-order valence-electron chi connectivity index (χ3n) is 2.60. The Morgan fingerprint density at radius 3 is 2.76 bits per heavy atom. The Morgan fingerprint density at radius 2 is 2.18 bits per heavy atom. The standard InChI is InChI=1S/C13H14ClNOS/c1-8-3-4-10(11(14)5-8)6-13(16)12-7-17-9(2)15-12/h3-5,7,13,16H,6H2,1-2H3. The Morgan fingerprint density at radius 1 is 1.41 bits per heavy atom. The summed E-state index contributed by atoms with van der Waals surface area (Å²) in [6, 6.07) is 5.87. The summed E-state index contributed by atoms with van der Waals surface area (Å²) in [5, 5.41) is 13.6. The highest BCUT2D eigenvalue weighted by molar-refractivity contribution is 7.09. The van der Waals surface area contributed by atoms with Crippen molar-refractivity contribution in [2.24, 2.45) is 0 Å². The number of rotatable bonds is 3. The molecule has 1 aromatic carbocycles. The number of aliphatic hydroxyl groups excluding tert-OH is 1. The lowest BCUT2D eigenvalue weighted by molar-refractivity contribution is 0.174. The molecule has 1 N–H and O–H groups in total. The van der Waals surface area contributed by atoms with Gasteiger partial charge in [0.05, 0.1) is 10.7 Å². The van der Waals surface area contributed by atoms with E-state index in [1.54, 1.807) is 11.3 Å². The van der Waals surface area contributed by atoms with E-state index in [9.17, 15) is 5.11 Å². The lowest BCUT2D eigenvalue weighted by Gasteiger charge is -2.10. The van der Waals surface area contributed by atoms with Gasteiger partial charge < -0.3 is 5.11 Å². The molecule has 0 radical (unpaired) electrons. The molecule has 0 saturated carbocycles. The van der Waals surface area contributed by atoms with Crippen LogP contribution in [0.1, 0.15) is 27.9 Å². The van der Waals surface area contributed by atoms with Crippen molar-refractivity contribution in [3.63, 3.8) is 0 Å². The fourth-order valence-electron chi connectivity index (χ4n) is 1.66. The van der Waals surface area contributed by atoms with E-state index in [-0.39, 0.29) is 0 Å². The van der Waals surface area contributed by atoms with Crippen molar-refractivity contribution in [2.45, 2.75) is 26.4 Å². The minimum Gasteiger partial charge on any atom is -0.386 e. The summed E-state index contributed by atoms with van der Waals surface area (Å²) in [6.45, 7) is 3.93. The van der Waals surface area contributed by atoms with Crippen LogP contribution in [0.2, 0.25) is 5.02 Å². The van der Waals surface area contributed by atoms with Crippen LogP contribution in [0.15, 0.2) is 23.6 Å². The van der Waals surface area contributed by atoms with Crippen molar-refractivity contribution in [2.75, 3.05) is 0 Å². The van der Waals surface area contributed by atoms with Gasteiger partial charge in [0.1, 0.15) is 6.10 Å². The average Bonchev–Trinajstić information content (AvgIpc) is 2.69. The smallest absolute Gasteiger partial charge is 0.101 e. The molecule has 0 spiro atoms. The second-order valence-electron chi connectivity index (χ2n) is 4.11. The second-order valence-corrected chi connectivity index (χ2v) is 5.58. The van der Waals surface area contributed by atoms with Gasteiger partial charge >= 0.3 is 0 Å². The number of aliphatic hydroxyl groups is 1. The van der Waals surface area contributed by atoms with Crippen molar-refractivity contribution >= 4 is 22.9 Å². The van der Waals surface area contributed by atoms with E-state index in [0.717, 1.165) is 21.8 Å². The highest BCUT2D eigenvalue weighted by atomic mass is 35.5. The monoisotopic (exact) mass is 267 g/mol. The molecular formula is C13H14ClNOS. The minimum atomic E-state index is -0.583. The molecule has 2 aromatic rings. The number of nitrogens with zero attached hydrogens (tertiary/aromatic N) is 1. The number of halogens is 1. The lowest BCUT2D eigenvalue weighted by atomic mass is 10.0. The summed E-state index contributed by atoms with van der Waals surface area (Å²) in [4.78, 5) is 4.28. The predicted octanol–water partition coefficient (Wildman–Crippen LogP) is 3.69. The van der Waals surface area contributed by atoms with Gasteiger partial charge in [0.25, 0.3) is 0 Å². The molecule has 0 bridgehead atoms. The molecule has 1 heterocycles. The van der Waals surface area contributed by atoms with Gasteiger partial charge in [-0.15, -0.1) is 11.3 Å². The van der Waals surface area contributed by atoms with E-state index in [1.807, 2.05) is 37.4 Å². The number of hydrogen-bond acceptors (Lipinski definition) is 3. The van der Waals surface area contributed by atoms with Crippen LogP contribution in [0.4, 0.5) is 0 Å². The van der Waals surface area contributed by atoms with E-state index >= 15 is 0 Å². The maximum absolute atomic E-state index is 10.1. The maximum atomic E-state index is 10.1. The first kappa shape index (κ1) is 12.6. The van der Waals surface area contributed by atoms with Crippen LogP contribution in [-0.2, 0) is 6.42 Å². The Kier molecular flexibility index (Phi) is 3.82. The topological polar surface area (TPSA) is 33.1 Å². The van der Waals surface area contributed by atoms with Gasteiger partial charge in [0.2, 0.25) is 0 Å². The van der Waals surface area contributed by atoms with E-state index in [2.05, 4.69) is 4.98 Å². The molecule has 17 heavy (non-hydrogen) atoms. The van der Waals surface area contributed by atoms with Crippen LogP contribution < -0.4 is 0 Å². The normalized spacial score (nSPS) is 12.7. The summed E-state index contributed by atoms with van der Waals surface area (Å²) in [6.07, 6.45) is -0.0809. The zero-order valence-electron chi connectivity index (χ0n) is 9.77. The van der Waals surface area contributed by atoms with Gasteiger partial charge in [-0.3, -0.25) is 0 Å². The molecule has 2 nitrogen and oxygen atoms in total. The predicted molar refractivity (Wildman–Crippen MR) is 71.7 cm³/mol. The van der Waals surface area contributed by atoms with Crippen LogP contribution in [0.25, 0.3) is 0 Å². The van der Waals surface area contributed by atoms with Crippen molar-refractivity contribution in [3.05, 3.63) is 50.4 Å². The summed E-state index contributed by atoms with van der Waals surface area (Å²) in [5.41, 5.74) is 2.80. The quantitative estimate of drug-likeness (QED) is 0.920. The maximum Gasteiger partial charge on any atom is 0.101 e. The van der Waals surface area contributed by atoms with Gasteiger partial charge in [-0.2, -0.15) is 0 Å². The second kappa shape index (κ2) is 5.17. The van der Waals surface area contributed by atoms with Gasteiger partial charge in [-0.25, -0.2) is 4.98 Å². The van der Waals surface area contributed by atoms with Gasteiger partial charge in [0, 0.05) is 16.8 Å². The highest BCUT2D eigenvalue weighted by Crippen LogP contribution is 2.25. The number of benzene rings is 1. The molecule has 1 atom stereocenters. The van der Waals surface area contributed by atoms with Gasteiger partial charge in [0.15, 0.2) is 0 Å². The minimum absolute atomic E-state index is 0.502. The fourth-order valence-corrected chi connectivity index (χ4v) is 2.64. The van der Waals surface area contributed by atoms with Crippen LogP contribution in [0.5, 0.6) is 0 Å². The van der Waals surface area contributed by atoms with Crippen molar-refractivity contribution < 1.29 is 5.11 Å². The number of aryl methyl sites for hydroxylation is 2. The molecule has 0 aliphatic rings. The van der Waals surface area contributed by atoms with Crippen molar-refractivity contribution in [1.29, 1.82) is 0 Å². The van der Waals surface area contributed by atoms with Crippen molar-refractivity contribution in [1.82, 2.24) is 4.98 Å². The molecule has 4 heteroatoms. The summed E-state index contributed by atoms with van der Waals surface area (Å²) in [5.74, 6) is 0. The summed E-state index contributed by atoms with van der Waals surface area (Å²) < 4.78 is 0. The molecule has 2 rings (SSSR count). The molecule has 0 saturated heterocycles. The van der Waals surface area contributed by atoms with Crippen LogP contribution in [0, 0.1) is 13.8 Å². The SMILES string of the molecule is Cc1ccc(CC(O)c2csc(C)n2)c(Cl)c1. The zero-order chi connectivity index (χ0) is 12.4. The molecule has 0 fully saturated rings. The lowest BCUT2D eigenvalue weighted by Crippen LogP contribution is -2.03. The summed E-state index contributed by atoms with van der Waals surface area (Å²) in [7, 11) is 0. The third-order valence-corrected chi connectivity index (χ3v) is 3.74. The molecule has 90 valence electrons. The van der Waals surface area contributed by atoms with Crippen LogP contribution >= 0.6 is 22.9 Å². The zero-order valence-corrected chi connectivity index (χ0v) is 11.3. The number of thiazole rings is 1. The summed E-state index contributed by atoms with van der Waals surface area (Å²) >= 11 is 7.68. The molecule has 1 aromatic heterocycles. The Balaban J connectivity index is 2.15. The van der Waals surface area contributed by atoms with E-state index in [0.29, 0.717) is 11.4 Å². The highest BCUT2D eigenvalue weighted by Gasteiger charge is 2.13. The van der Waals surface area contributed by atoms with Crippen LogP contribution in [0.3, 0.4) is 0 Å².